The van der Waals surface area contributed by atoms with Gasteiger partial charge in [0.05, 0.1) is 0 Å². The van der Waals surface area contributed by atoms with Crippen LogP contribution in [0.15, 0.2) is 24.3 Å². The Kier molecular flexibility index (Phi) is 9.42. The van der Waals surface area contributed by atoms with E-state index < -0.39 is 5.79 Å². The maximum atomic E-state index is 13.1. The molecule has 132 valence electrons. The molecule has 0 fully saturated rings. The summed E-state index contributed by atoms with van der Waals surface area (Å²) in [6.45, 7) is 4.24. The summed E-state index contributed by atoms with van der Waals surface area (Å²) in [5.41, 5.74) is 1.13. The predicted molar refractivity (Wildman–Crippen MR) is 94.0 cm³/mol. The zero-order chi connectivity index (χ0) is 17.1. The van der Waals surface area contributed by atoms with E-state index in [4.69, 9.17) is 9.47 Å². The molecule has 0 radical (unpaired) electrons. The average molecular weight is 324 g/mol. The van der Waals surface area contributed by atoms with Crippen molar-refractivity contribution in [3.8, 4) is 0 Å². The van der Waals surface area contributed by atoms with Gasteiger partial charge in [0.1, 0.15) is 5.82 Å². The van der Waals surface area contributed by atoms with Gasteiger partial charge in [-0.15, -0.1) is 0 Å². The third-order valence-corrected chi connectivity index (χ3v) is 4.85. The van der Waals surface area contributed by atoms with Crippen LogP contribution in [0.5, 0.6) is 0 Å². The second-order valence-corrected chi connectivity index (χ2v) is 6.51. The number of benzene rings is 1. The summed E-state index contributed by atoms with van der Waals surface area (Å²) >= 11 is 0. The first-order chi connectivity index (χ1) is 11.1. The second kappa shape index (κ2) is 10.8. The molecular weight excluding hydrogens is 291 g/mol. The maximum absolute atomic E-state index is 13.1. The van der Waals surface area contributed by atoms with E-state index in [1.807, 2.05) is 19.1 Å². The summed E-state index contributed by atoms with van der Waals surface area (Å²) in [4.78, 5) is 0. The van der Waals surface area contributed by atoms with Crippen LogP contribution in [-0.2, 0) is 15.9 Å². The molecule has 0 amide bonds. The molecule has 1 aromatic rings. The topological polar surface area (TPSA) is 18.5 Å². The summed E-state index contributed by atoms with van der Waals surface area (Å²) in [6, 6.07) is 6.76. The Balaban J connectivity index is 2.60. The van der Waals surface area contributed by atoms with Gasteiger partial charge in [0.25, 0.3) is 0 Å². The van der Waals surface area contributed by atoms with Gasteiger partial charge in [-0.2, -0.15) is 0 Å². The summed E-state index contributed by atoms with van der Waals surface area (Å²) in [7, 11) is 3.39. The van der Waals surface area contributed by atoms with Crippen LogP contribution in [0.25, 0.3) is 0 Å². The minimum Gasteiger partial charge on any atom is -0.353 e. The molecule has 2 nitrogen and oxygen atoms in total. The molecule has 0 aliphatic carbocycles. The fourth-order valence-electron chi connectivity index (χ4n) is 3.04. The Morgan fingerprint density at radius 3 is 2.09 bits per heavy atom. The molecule has 0 aliphatic rings. The zero-order valence-corrected chi connectivity index (χ0v) is 15.2. The van der Waals surface area contributed by atoms with Crippen LogP contribution in [0.4, 0.5) is 4.39 Å². The van der Waals surface area contributed by atoms with Crippen molar-refractivity contribution in [3.05, 3.63) is 35.6 Å². The molecule has 0 aliphatic heterocycles. The van der Waals surface area contributed by atoms with Crippen molar-refractivity contribution in [2.24, 2.45) is 5.92 Å². The predicted octanol–water partition coefficient (Wildman–Crippen LogP) is 5.74. The highest BCUT2D eigenvalue weighted by Crippen LogP contribution is 2.30. The van der Waals surface area contributed by atoms with E-state index in [2.05, 4.69) is 6.92 Å². The smallest absolute Gasteiger partial charge is 0.167 e. The fraction of sp³-hybridized carbons (Fsp3) is 0.700. The fourth-order valence-corrected chi connectivity index (χ4v) is 3.04. The van der Waals surface area contributed by atoms with Crippen LogP contribution < -0.4 is 0 Å². The zero-order valence-electron chi connectivity index (χ0n) is 15.2. The Morgan fingerprint density at radius 2 is 1.52 bits per heavy atom. The average Bonchev–Trinajstić information content (AvgIpc) is 2.58. The second-order valence-electron chi connectivity index (χ2n) is 6.51. The van der Waals surface area contributed by atoms with Gasteiger partial charge < -0.3 is 9.47 Å². The molecule has 23 heavy (non-hydrogen) atoms. The molecule has 0 bridgehead atoms. The van der Waals surface area contributed by atoms with Crippen LogP contribution in [0, 0.1) is 11.7 Å². The van der Waals surface area contributed by atoms with E-state index in [1.54, 1.807) is 14.2 Å². The van der Waals surface area contributed by atoms with Crippen molar-refractivity contribution in [1.29, 1.82) is 0 Å². The standard InChI is InChI=1S/C20H33FO2/c1-5-6-7-8-9-10-11-18(20(2,22-3)23-4)16-17-12-14-19(21)15-13-17/h12-15,18H,5-11,16H2,1-4H3. The number of methoxy groups -OCH3 is 2. The molecule has 3 heteroatoms. The lowest BCUT2D eigenvalue weighted by Gasteiger charge is -2.35. The van der Waals surface area contributed by atoms with E-state index in [9.17, 15) is 4.39 Å². The Hall–Kier alpha value is -0.930. The van der Waals surface area contributed by atoms with Gasteiger partial charge >= 0.3 is 0 Å². The lowest BCUT2D eigenvalue weighted by Crippen LogP contribution is -2.40. The van der Waals surface area contributed by atoms with Gasteiger partial charge in [0, 0.05) is 20.1 Å². The highest BCUT2D eigenvalue weighted by atomic mass is 19.1. The summed E-state index contributed by atoms with van der Waals surface area (Å²) in [5.74, 6) is -0.533. The van der Waals surface area contributed by atoms with Gasteiger partial charge in [-0.3, -0.25) is 0 Å². The molecule has 1 rings (SSSR count). The van der Waals surface area contributed by atoms with Crippen molar-refractivity contribution >= 4 is 0 Å². The van der Waals surface area contributed by atoms with Crippen molar-refractivity contribution in [1.82, 2.24) is 0 Å². The maximum Gasteiger partial charge on any atom is 0.167 e. The highest BCUT2D eigenvalue weighted by Gasteiger charge is 2.33. The molecule has 0 heterocycles. The number of hydrogen-bond donors (Lipinski definition) is 0. The molecule has 0 saturated heterocycles. The number of rotatable bonds is 12. The highest BCUT2D eigenvalue weighted by molar-refractivity contribution is 5.17. The van der Waals surface area contributed by atoms with Gasteiger partial charge in [0.2, 0.25) is 0 Å². The van der Waals surface area contributed by atoms with Crippen LogP contribution in [0.3, 0.4) is 0 Å². The summed E-state index contributed by atoms with van der Waals surface area (Å²) in [6.07, 6.45) is 9.56. The largest absolute Gasteiger partial charge is 0.353 e. The van der Waals surface area contributed by atoms with Crippen molar-refractivity contribution in [3.63, 3.8) is 0 Å². The minimum atomic E-state index is -0.599. The van der Waals surface area contributed by atoms with Crippen LogP contribution in [0.1, 0.15) is 64.4 Å². The molecule has 0 spiro atoms. The van der Waals surface area contributed by atoms with Crippen molar-refractivity contribution < 1.29 is 13.9 Å². The third-order valence-electron chi connectivity index (χ3n) is 4.85. The number of ether oxygens (including phenoxy) is 2. The SMILES string of the molecule is CCCCCCCCC(Cc1ccc(F)cc1)C(C)(OC)OC. The summed E-state index contributed by atoms with van der Waals surface area (Å²) < 4.78 is 24.4. The first-order valence-corrected chi connectivity index (χ1v) is 8.90. The number of hydrogen-bond acceptors (Lipinski definition) is 2. The van der Waals surface area contributed by atoms with E-state index in [1.165, 1.54) is 50.7 Å². The van der Waals surface area contributed by atoms with Gasteiger partial charge in [0.15, 0.2) is 5.79 Å². The van der Waals surface area contributed by atoms with Crippen molar-refractivity contribution in [2.45, 2.75) is 71.0 Å². The van der Waals surface area contributed by atoms with E-state index in [0.717, 1.165) is 18.4 Å². The van der Waals surface area contributed by atoms with Crippen LogP contribution in [0.2, 0.25) is 0 Å². The molecule has 0 N–H and O–H groups in total. The Labute approximate surface area is 141 Å². The Morgan fingerprint density at radius 1 is 0.957 bits per heavy atom. The van der Waals surface area contributed by atoms with Crippen LogP contribution in [-0.4, -0.2) is 20.0 Å². The molecule has 1 unspecified atom stereocenters. The number of unbranched alkanes of at least 4 members (excludes halogenated alkanes) is 5. The van der Waals surface area contributed by atoms with Gasteiger partial charge in [-0.25, -0.2) is 4.39 Å². The minimum absolute atomic E-state index is 0.192. The first kappa shape index (κ1) is 20.1. The van der Waals surface area contributed by atoms with E-state index in [-0.39, 0.29) is 11.7 Å². The van der Waals surface area contributed by atoms with Crippen LogP contribution >= 0.6 is 0 Å². The lowest BCUT2D eigenvalue weighted by molar-refractivity contribution is -0.228. The quantitative estimate of drug-likeness (QED) is 0.360. The molecule has 0 aromatic heterocycles. The van der Waals surface area contributed by atoms with Gasteiger partial charge in [-0.05, 0) is 37.5 Å². The van der Waals surface area contributed by atoms with Gasteiger partial charge in [-0.1, -0.05) is 57.6 Å². The first-order valence-electron chi connectivity index (χ1n) is 8.90. The monoisotopic (exact) mass is 324 g/mol. The van der Waals surface area contributed by atoms with E-state index >= 15 is 0 Å². The molecule has 0 saturated carbocycles. The third kappa shape index (κ3) is 7.01. The molecule has 1 atom stereocenters. The Bertz CT molecular complexity index is 412. The number of halogens is 1. The molecule has 1 aromatic carbocycles. The summed E-state index contributed by atoms with van der Waals surface area (Å²) in [5, 5.41) is 0. The lowest BCUT2D eigenvalue weighted by atomic mass is 9.87. The van der Waals surface area contributed by atoms with E-state index in [0.29, 0.717) is 0 Å². The normalized spacial score (nSPS) is 13.3. The molecular formula is C20H33FO2. The van der Waals surface area contributed by atoms with Crippen molar-refractivity contribution in [2.75, 3.05) is 14.2 Å².